The van der Waals surface area contributed by atoms with Gasteiger partial charge in [0.1, 0.15) is 0 Å². The Labute approximate surface area is 110 Å². The molecule has 1 aromatic heterocycles. The van der Waals surface area contributed by atoms with E-state index in [2.05, 4.69) is 10.1 Å². The lowest BCUT2D eigenvalue weighted by atomic mass is 10.1. The largest absolute Gasteiger partial charge is 0.370 e. The Morgan fingerprint density at radius 1 is 1.44 bits per heavy atom. The normalized spacial score (nSPS) is 21.1. The fraction of sp³-hybridized carbons (Fsp3) is 0.385. The molecule has 94 valence electrons. The lowest BCUT2D eigenvalue weighted by Crippen LogP contribution is -2.06. The van der Waals surface area contributed by atoms with Crippen molar-refractivity contribution in [3.8, 4) is 0 Å². The zero-order valence-corrected chi connectivity index (χ0v) is 11.2. The molecule has 4 nitrogen and oxygen atoms in total. The van der Waals surface area contributed by atoms with Crippen LogP contribution in [0.15, 0.2) is 22.9 Å². The highest BCUT2D eigenvalue weighted by molar-refractivity contribution is 7.17. The molecule has 0 atom stereocenters. The van der Waals surface area contributed by atoms with Gasteiger partial charge in [0, 0.05) is 24.9 Å². The molecule has 2 aliphatic rings. The number of rotatable bonds is 3. The lowest BCUT2D eigenvalue weighted by Gasteiger charge is -2.06. The van der Waals surface area contributed by atoms with E-state index in [1.165, 1.54) is 0 Å². The van der Waals surface area contributed by atoms with Crippen LogP contribution >= 0.6 is 11.3 Å². The van der Waals surface area contributed by atoms with Gasteiger partial charge < -0.3 is 9.74 Å². The fourth-order valence-corrected chi connectivity index (χ4v) is 2.75. The maximum absolute atomic E-state index is 11.7. The van der Waals surface area contributed by atoms with E-state index in [1.807, 2.05) is 32.3 Å². The highest BCUT2D eigenvalue weighted by Crippen LogP contribution is 2.37. The number of nitrogens with zero attached hydrogens (tertiary/aromatic N) is 2. The Balaban J connectivity index is 1.89. The van der Waals surface area contributed by atoms with Crippen LogP contribution in [0.1, 0.15) is 17.7 Å². The van der Waals surface area contributed by atoms with Gasteiger partial charge in [-0.15, -0.1) is 11.3 Å². The van der Waals surface area contributed by atoms with E-state index in [1.54, 1.807) is 11.3 Å². The molecule has 0 bridgehead atoms. The van der Waals surface area contributed by atoms with Crippen molar-refractivity contribution in [3.63, 3.8) is 0 Å². The first kappa shape index (κ1) is 11.5. The van der Waals surface area contributed by atoms with E-state index in [-0.39, 0.29) is 5.97 Å². The van der Waals surface area contributed by atoms with Gasteiger partial charge in [0.15, 0.2) is 0 Å². The molecule has 1 aliphatic heterocycles. The number of oxime groups is 1. The Morgan fingerprint density at radius 2 is 2.22 bits per heavy atom. The Kier molecular flexibility index (Phi) is 2.70. The average Bonchev–Trinajstić information content (AvgIpc) is 2.95. The molecule has 5 heteroatoms. The van der Waals surface area contributed by atoms with Crippen LogP contribution in [0.25, 0.3) is 6.08 Å². The number of hydrogen-bond donors (Lipinski definition) is 0. The molecule has 0 amide bonds. The average molecular weight is 262 g/mol. The molecular weight excluding hydrogens is 248 g/mol. The first-order chi connectivity index (χ1) is 8.65. The van der Waals surface area contributed by atoms with Crippen LogP contribution in [0.2, 0.25) is 0 Å². The quantitative estimate of drug-likeness (QED) is 0.621. The van der Waals surface area contributed by atoms with Gasteiger partial charge >= 0.3 is 5.97 Å². The molecule has 2 heterocycles. The van der Waals surface area contributed by atoms with Gasteiger partial charge in [-0.1, -0.05) is 5.16 Å². The van der Waals surface area contributed by atoms with Crippen molar-refractivity contribution in [1.82, 2.24) is 0 Å². The predicted molar refractivity (Wildman–Crippen MR) is 72.9 cm³/mol. The molecule has 0 saturated heterocycles. The van der Waals surface area contributed by atoms with Gasteiger partial charge in [-0.2, -0.15) is 0 Å². The van der Waals surface area contributed by atoms with Crippen LogP contribution in [0.3, 0.4) is 0 Å². The summed E-state index contributed by atoms with van der Waals surface area (Å²) in [5.74, 6) is 0.104. The minimum atomic E-state index is -0.322. The summed E-state index contributed by atoms with van der Waals surface area (Å²) in [5.41, 5.74) is 1.46. The van der Waals surface area contributed by atoms with Crippen LogP contribution in [0, 0.1) is 5.92 Å². The number of hydrogen-bond acceptors (Lipinski definition) is 5. The summed E-state index contributed by atoms with van der Waals surface area (Å²) in [6.07, 6.45) is 4.12. The Morgan fingerprint density at radius 3 is 2.83 bits per heavy atom. The van der Waals surface area contributed by atoms with Gasteiger partial charge in [-0.25, -0.2) is 4.79 Å². The maximum Gasteiger partial charge on any atom is 0.367 e. The van der Waals surface area contributed by atoms with Crippen molar-refractivity contribution in [3.05, 3.63) is 22.6 Å². The maximum atomic E-state index is 11.7. The third-order valence-corrected chi connectivity index (χ3v) is 4.23. The van der Waals surface area contributed by atoms with E-state index in [9.17, 15) is 4.79 Å². The van der Waals surface area contributed by atoms with Crippen molar-refractivity contribution in [2.24, 2.45) is 11.1 Å². The number of anilines is 1. The van der Waals surface area contributed by atoms with Gasteiger partial charge in [-0.3, -0.25) is 0 Å². The van der Waals surface area contributed by atoms with Gasteiger partial charge in [0.25, 0.3) is 0 Å². The number of carbonyl (C=O) groups excluding carboxylic acids is 1. The summed E-state index contributed by atoms with van der Waals surface area (Å²) in [6, 6.07) is 4.06. The second-order valence-corrected chi connectivity index (χ2v) is 5.85. The molecule has 0 unspecified atom stereocenters. The molecule has 3 rings (SSSR count). The topological polar surface area (TPSA) is 41.9 Å². The molecule has 1 aromatic rings. The number of thiophene rings is 1. The van der Waals surface area contributed by atoms with Gasteiger partial charge in [0.2, 0.25) is 0 Å². The van der Waals surface area contributed by atoms with Crippen LogP contribution in [0.4, 0.5) is 5.00 Å². The summed E-state index contributed by atoms with van der Waals surface area (Å²) in [6.45, 7) is 0. The molecule has 0 N–H and O–H groups in total. The van der Waals surface area contributed by atoms with Crippen LogP contribution in [0.5, 0.6) is 0 Å². The minimum Gasteiger partial charge on any atom is -0.370 e. The predicted octanol–water partition coefficient (Wildman–Crippen LogP) is 2.52. The van der Waals surface area contributed by atoms with E-state index >= 15 is 0 Å². The van der Waals surface area contributed by atoms with Crippen molar-refractivity contribution in [2.45, 2.75) is 12.8 Å². The molecule has 0 radical (unpaired) electrons. The smallest absolute Gasteiger partial charge is 0.367 e. The molecule has 1 aliphatic carbocycles. The van der Waals surface area contributed by atoms with E-state index in [0.717, 1.165) is 28.4 Å². The molecule has 1 saturated carbocycles. The van der Waals surface area contributed by atoms with Crippen molar-refractivity contribution in [1.29, 1.82) is 0 Å². The van der Waals surface area contributed by atoms with Crippen molar-refractivity contribution in [2.75, 3.05) is 19.0 Å². The van der Waals surface area contributed by atoms with E-state index < -0.39 is 0 Å². The highest BCUT2D eigenvalue weighted by Gasteiger charge is 2.37. The fourth-order valence-electron chi connectivity index (χ4n) is 1.88. The van der Waals surface area contributed by atoms with Crippen molar-refractivity contribution >= 4 is 34.1 Å². The SMILES string of the molecule is CN(C)c1ccc(C=C2C(=O)ON=C2C2CC2)s1. The van der Waals surface area contributed by atoms with E-state index in [4.69, 9.17) is 4.84 Å². The second-order valence-electron chi connectivity index (χ2n) is 4.76. The monoisotopic (exact) mass is 262 g/mol. The van der Waals surface area contributed by atoms with Crippen LogP contribution in [-0.2, 0) is 9.63 Å². The van der Waals surface area contributed by atoms with E-state index in [0.29, 0.717) is 11.5 Å². The molecular formula is C13H14N2O2S. The van der Waals surface area contributed by atoms with Gasteiger partial charge in [0.05, 0.1) is 16.3 Å². The Bertz CT molecular complexity index is 553. The summed E-state index contributed by atoms with van der Waals surface area (Å²) >= 11 is 1.65. The zero-order valence-electron chi connectivity index (χ0n) is 10.3. The molecule has 1 fully saturated rings. The standard InChI is InChI=1S/C13H14N2O2S/c1-15(2)11-6-5-9(18-11)7-10-12(8-3-4-8)14-17-13(10)16/h5-8H,3-4H2,1-2H3. The highest BCUT2D eigenvalue weighted by atomic mass is 32.1. The zero-order chi connectivity index (χ0) is 12.7. The summed E-state index contributed by atoms with van der Waals surface area (Å²) in [5, 5.41) is 5.06. The van der Waals surface area contributed by atoms with Crippen LogP contribution < -0.4 is 4.90 Å². The molecule has 0 aromatic carbocycles. The van der Waals surface area contributed by atoms with Gasteiger partial charge in [-0.05, 0) is 31.1 Å². The third kappa shape index (κ3) is 2.06. The second kappa shape index (κ2) is 4.24. The third-order valence-electron chi connectivity index (χ3n) is 3.03. The number of carbonyl (C=O) groups is 1. The van der Waals surface area contributed by atoms with Crippen LogP contribution in [-0.4, -0.2) is 25.8 Å². The summed E-state index contributed by atoms with van der Waals surface area (Å²) in [4.78, 5) is 19.5. The molecule has 18 heavy (non-hydrogen) atoms. The molecule has 0 spiro atoms. The minimum absolute atomic E-state index is 0.322. The van der Waals surface area contributed by atoms with Crippen molar-refractivity contribution < 1.29 is 9.63 Å². The Hall–Kier alpha value is -1.62. The lowest BCUT2D eigenvalue weighted by molar-refractivity contribution is -0.136. The first-order valence-electron chi connectivity index (χ1n) is 5.93. The summed E-state index contributed by atoms with van der Waals surface area (Å²) < 4.78 is 0. The summed E-state index contributed by atoms with van der Waals surface area (Å²) in [7, 11) is 4.01. The first-order valence-corrected chi connectivity index (χ1v) is 6.75.